The molecule has 0 aromatic heterocycles. The van der Waals surface area contributed by atoms with E-state index >= 15 is 0 Å². The Bertz CT molecular complexity index is 920. The van der Waals surface area contributed by atoms with Crippen molar-refractivity contribution in [1.82, 2.24) is 5.32 Å². The molecule has 1 amide bonds. The van der Waals surface area contributed by atoms with Gasteiger partial charge in [-0.15, -0.1) is 0 Å². The summed E-state index contributed by atoms with van der Waals surface area (Å²) in [5, 5.41) is 22.9. The molecule has 0 heterocycles. The van der Waals surface area contributed by atoms with E-state index in [4.69, 9.17) is 4.74 Å². The molecule has 0 fully saturated rings. The van der Waals surface area contributed by atoms with Gasteiger partial charge < -0.3 is 20.3 Å². The Kier molecular flexibility index (Phi) is 47.6. The molecule has 0 radical (unpaired) electrons. The molecule has 0 aliphatic carbocycles. The first-order valence-electron chi connectivity index (χ1n) is 26.1. The molecule has 3 N–H and O–H groups in total. The van der Waals surface area contributed by atoms with E-state index < -0.39 is 12.1 Å². The molecule has 6 heteroatoms. The van der Waals surface area contributed by atoms with E-state index in [1.807, 2.05) is 6.08 Å². The van der Waals surface area contributed by atoms with Gasteiger partial charge in [-0.05, 0) is 51.4 Å². The Balaban J connectivity index is 3.37. The van der Waals surface area contributed by atoms with Crippen molar-refractivity contribution in [3.63, 3.8) is 0 Å². The monoisotopic (exact) mass is 832 g/mol. The lowest BCUT2D eigenvalue weighted by molar-refractivity contribution is -0.143. The molecule has 0 aromatic rings. The Morgan fingerprint density at radius 2 is 0.814 bits per heavy atom. The van der Waals surface area contributed by atoms with E-state index in [1.165, 1.54) is 205 Å². The van der Waals surface area contributed by atoms with Gasteiger partial charge in [-0.25, -0.2) is 0 Å². The van der Waals surface area contributed by atoms with Crippen molar-refractivity contribution >= 4 is 11.9 Å². The Hall–Kier alpha value is -1.66. The number of ether oxygens (including phenoxy) is 1. The van der Waals surface area contributed by atoms with Crippen LogP contribution in [0, 0.1) is 0 Å². The fourth-order valence-electron chi connectivity index (χ4n) is 7.91. The Morgan fingerprint density at radius 1 is 0.458 bits per heavy atom. The van der Waals surface area contributed by atoms with E-state index in [9.17, 15) is 19.8 Å². The van der Waals surface area contributed by atoms with Gasteiger partial charge in [-0.3, -0.25) is 9.59 Å². The maximum absolute atomic E-state index is 12.4. The molecule has 2 atom stereocenters. The summed E-state index contributed by atoms with van der Waals surface area (Å²) in [6.45, 7) is 4.83. The SMILES string of the molecule is CCCC/C=C\CCCCCCCC(=O)OCCCCCCCCCCCCCCCCCCCCCCCCC(=O)NC(CO)C(O)/C=C/CCCCCCCCC. The molecule has 2 unspecified atom stereocenters. The summed E-state index contributed by atoms with van der Waals surface area (Å²) in [6.07, 6.45) is 57.7. The fraction of sp³-hybridized carbons (Fsp3) is 0.887. The Labute approximate surface area is 367 Å². The number of amides is 1. The molecule has 0 aliphatic heterocycles. The lowest BCUT2D eigenvalue weighted by atomic mass is 10.0. The second-order valence-electron chi connectivity index (χ2n) is 17.9. The molecule has 0 rings (SSSR count). The highest BCUT2D eigenvalue weighted by atomic mass is 16.5. The van der Waals surface area contributed by atoms with Gasteiger partial charge >= 0.3 is 5.97 Å². The smallest absolute Gasteiger partial charge is 0.305 e. The van der Waals surface area contributed by atoms with Gasteiger partial charge in [0.1, 0.15) is 0 Å². The lowest BCUT2D eigenvalue weighted by Gasteiger charge is -2.20. The van der Waals surface area contributed by atoms with Crippen molar-refractivity contribution in [2.24, 2.45) is 0 Å². The second kappa shape index (κ2) is 49.0. The summed E-state index contributed by atoms with van der Waals surface area (Å²) < 4.78 is 5.45. The first-order chi connectivity index (χ1) is 29.0. The highest BCUT2D eigenvalue weighted by molar-refractivity contribution is 5.76. The highest BCUT2D eigenvalue weighted by Gasteiger charge is 2.18. The number of allylic oxidation sites excluding steroid dienone is 3. The third-order valence-electron chi connectivity index (χ3n) is 12.0. The minimum absolute atomic E-state index is 0.00102. The van der Waals surface area contributed by atoms with E-state index in [1.54, 1.807) is 6.08 Å². The number of carbonyl (C=O) groups is 2. The van der Waals surface area contributed by atoms with Crippen molar-refractivity contribution in [2.75, 3.05) is 13.2 Å². The van der Waals surface area contributed by atoms with E-state index in [2.05, 4.69) is 31.3 Å². The topological polar surface area (TPSA) is 95.9 Å². The van der Waals surface area contributed by atoms with E-state index in [-0.39, 0.29) is 18.5 Å². The number of unbranched alkanes of at least 4 members (excludes halogenated alkanes) is 35. The lowest BCUT2D eigenvalue weighted by Crippen LogP contribution is -2.45. The molecule has 348 valence electrons. The first-order valence-corrected chi connectivity index (χ1v) is 26.1. The molecular weight excluding hydrogens is 731 g/mol. The van der Waals surface area contributed by atoms with E-state index in [0.29, 0.717) is 19.4 Å². The number of esters is 1. The second-order valence-corrected chi connectivity index (χ2v) is 17.9. The normalized spacial score (nSPS) is 12.8. The van der Waals surface area contributed by atoms with Crippen LogP contribution >= 0.6 is 0 Å². The average molecular weight is 832 g/mol. The van der Waals surface area contributed by atoms with Crippen LogP contribution in [0.25, 0.3) is 0 Å². The van der Waals surface area contributed by atoms with Crippen LogP contribution in [-0.4, -0.2) is 47.4 Å². The molecular formula is C53H101NO5. The van der Waals surface area contributed by atoms with Crippen molar-refractivity contribution < 1.29 is 24.5 Å². The van der Waals surface area contributed by atoms with Gasteiger partial charge in [0.15, 0.2) is 0 Å². The third kappa shape index (κ3) is 45.7. The minimum atomic E-state index is -0.841. The number of hydrogen-bond acceptors (Lipinski definition) is 5. The number of aliphatic hydroxyl groups excluding tert-OH is 2. The first kappa shape index (κ1) is 57.3. The molecule has 0 bridgehead atoms. The van der Waals surface area contributed by atoms with Crippen molar-refractivity contribution in [3.8, 4) is 0 Å². The summed E-state index contributed by atoms with van der Waals surface area (Å²) in [5.41, 5.74) is 0. The quantitative estimate of drug-likeness (QED) is 0.0322. The highest BCUT2D eigenvalue weighted by Crippen LogP contribution is 2.16. The zero-order chi connectivity index (χ0) is 43.0. The summed E-state index contributed by atoms with van der Waals surface area (Å²) in [7, 11) is 0. The maximum Gasteiger partial charge on any atom is 0.305 e. The summed E-state index contributed by atoms with van der Waals surface area (Å²) in [5.74, 6) is -0.0701. The summed E-state index contributed by atoms with van der Waals surface area (Å²) in [4.78, 5) is 24.3. The molecule has 0 aliphatic rings. The van der Waals surface area contributed by atoms with Crippen LogP contribution in [0.15, 0.2) is 24.3 Å². The Morgan fingerprint density at radius 3 is 1.25 bits per heavy atom. The van der Waals surface area contributed by atoms with Gasteiger partial charge in [0, 0.05) is 12.8 Å². The number of rotatable bonds is 48. The molecule has 59 heavy (non-hydrogen) atoms. The molecule has 0 saturated heterocycles. The molecule has 0 aromatic carbocycles. The van der Waals surface area contributed by atoms with Crippen LogP contribution in [-0.2, 0) is 14.3 Å². The maximum atomic E-state index is 12.4. The van der Waals surface area contributed by atoms with Crippen molar-refractivity contribution in [2.45, 2.75) is 289 Å². The number of nitrogens with one attached hydrogen (secondary N) is 1. The zero-order valence-corrected chi connectivity index (χ0v) is 39.5. The van der Waals surface area contributed by atoms with Gasteiger partial charge in [-0.1, -0.05) is 237 Å². The van der Waals surface area contributed by atoms with Gasteiger partial charge in [0.05, 0.1) is 25.4 Å². The van der Waals surface area contributed by atoms with Crippen molar-refractivity contribution in [1.29, 1.82) is 0 Å². The van der Waals surface area contributed by atoms with Crippen LogP contribution in [0.2, 0.25) is 0 Å². The zero-order valence-electron chi connectivity index (χ0n) is 39.5. The summed E-state index contributed by atoms with van der Waals surface area (Å²) >= 11 is 0. The largest absolute Gasteiger partial charge is 0.466 e. The predicted octanol–water partition coefficient (Wildman–Crippen LogP) is 15.5. The van der Waals surface area contributed by atoms with Crippen LogP contribution in [0.4, 0.5) is 0 Å². The predicted molar refractivity (Wildman–Crippen MR) is 255 cm³/mol. The van der Waals surface area contributed by atoms with Gasteiger partial charge in [0.2, 0.25) is 5.91 Å². The van der Waals surface area contributed by atoms with Crippen LogP contribution in [0.1, 0.15) is 277 Å². The summed E-state index contributed by atoms with van der Waals surface area (Å²) in [6, 6.07) is -0.625. The average Bonchev–Trinajstić information content (AvgIpc) is 3.24. The van der Waals surface area contributed by atoms with Crippen molar-refractivity contribution in [3.05, 3.63) is 24.3 Å². The van der Waals surface area contributed by atoms with Crippen LogP contribution < -0.4 is 5.32 Å². The van der Waals surface area contributed by atoms with Crippen LogP contribution in [0.5, 0.6) is 0 Å². The van der Waals surface area contributed by atoms with Crippen LogP contribution in [0.3, 0.4) is 0 Å². The standard InChI is InChI=1S/C53H101NO5/c1-3-5-7-9-11-13-26-31-35-39-43-47-53(58)59-48-44-40-36-32-28-25-23-21-19-17-15-14-16-18-20-22-24-27-30-34-38-42-46-52(57)54-50(49-55)51(56)45-41-37-33-29-12-10-8-6-4-2/h9,11,41,45,50-51,55-56H,3-8,10,12-40,42-44,46-49H2,1-2H3,(H,54,57)/b11-9-,45-41+. The van der Waals surface area contributed by atoms with E-state index in [0.717, 1.165) is 44.9 Å². The number of carbonyl (C=O) groups excluding carboxylic acids is 2. The number of hydrogen-bond donors (Lipinski definition) is 3. The van der Waals surface area contributed by atoms with Gasteiger partial charge in [0.25, 0.3) is 0 Å². The minimum Gasteiger partial charge on any atom is -0.466 e. The molecule has 0 saturated carbocycles. The molecule has 0 spiro atoms. The van der Waals surface area contributed by atoms with Gasteiger partial charge in [-0.2, -0.15) is 0 Å². The number of aliphatic hydroxyl groups is 2. The fourth-order valence-corrected chi connectivity index (χ4v) is 7.91. The molecule has 6 nitrogen and oxygen atoms in total. The third-order valence-corrected chi connectivity index (χ3v) is 12.0.